The van der Waals surface area contributed by atoms with Crippen LogP contribution in [0.1, 0.15) is 28.4 Å². The van der Waals surface area contributed by atoms with Gasteiger partial charge in [0, 0.05) is 65.8 Å². The van der Waals surface area contributed by atoms with Gasteiger partial charge in [-0.15, -0.1) is 0 Å². The number of furan rings is 1. The number of nitrogens with zero attached hydrogens (tertiary/aromatic N) is 5. The van der Waals surface area contributed by atoms with Crippen LogP contribution in [0.5, 0.6) is 0 Å². The van der Waals surface area contributed by atoms with E-state index in [0.29, 0.717) is 39.1 Å². The Bertz CT molecular complexity index is 4620. The minimum absolute atomic E-state index is 0.0306. The highest BCUT2D eigenvalue weighted by molar-refractivity contribution is 6.30. The fraction of sp³-hybridized carbons (Fsp3) is 0.0312. The lowest BCUT2D eigenvalue weighted by atomic mass is 9.98. The summed E-state index contributed by atoms with van der Waals surface area (Å²) in [5, 5.41) is 10.1. The molecule has 1 aliphatic heterocycles. The lowest BCUT2D eigenvalue weighted by Crippen LogP contribution is -2.34. The summed E-state index contributed by atoms with van der Waals surface area (Å²) in [6, 6.07) is 73.0. The van der Waals surface area contributed by atoms with Gasteiger partial charge in [0.1, 0.15) is 17.0 Å². The maximum Gasteiger partial charge on any atom is 0.418 e. The van der Waals surface area contributed by atoms with Crippen LogP contribution in [0, 0.1) is 0 Å². The minimum Gasteiger partial charge on any atom is -0.456 e. The maximum atomic E-state index is 16.8. The zero-order valence-electron chi connectivity index (χ0n) is 39.2. The number of halogens is 3. The predicted molar refractivity (Wildman–Crippen MR) is 294 cm³/mol. The van der Waals surface area contributed by atoms with Crippen LogP contribution in [0.2, 0.25) is 0 Å². The molecule has 0 fully saturated rings. The number of hydrogen-bond donors (Lipinski definition) is 1. The standard InChI is InChI=1S/C64H39F3N6O/c65-64(66,67)48-37-47(63-69-61(38-18-4-1-5-19-38)68-62(70-63)39-20-6-2-7-21-39)60-58(45-27-13-17-31-55(45)74-60)59(48)73-52-33-32-41(72-49-28-14-10-24-42(49)43-25-11-15-29-50(43)72)36-46(52)57-54(73)35-34-53-56(57)44-26-12-16-30-51(44)71(53)40-22-8-3-9-23-40/h1-37,63H,(H,68,69,70). The summed E-state index contributed by atoms with van der Waals surface area (Å²) in [4.78, 5) is 10.0. The second-order valence-corrected chi connectivity index (χ2v) is 18.8. The number of alkyl halides is 3. The van der Waals surface area contributed by atoms with Crippen molar-refractivity contribution in [3.63, 3.8) is 0 Å². The number of amidine groups is 2. The van der Waals surface area contributed by atoms with Gasteiger partial charge < -0.3 is 23.4 Å². The summed E-state index contributed by atoms with van der Waals surface area (Å²) in [5.74, 6) is 0.863. The summed E-state index contributed by atoms with van der Waals surface area (Å²) in [6.45, 7) is 0. The van der Waals surface area contributed by atoms with Crippen molar-refractivity contribution in [3.8, 4) is 17.1 Å². The number of para-hydroxylation sites is 5. The summed E-state index contributed by atoms with van der Waals surface area (Å²) in [6.07, 6.45) is -5.88. The van der Waals surface area contributed by atoms with Gasteiger partial charge in [-0.05, 0) is 72.8 Å². The molecule has 0 radical (unpaired) electrons. The summed E-state index contributed by atoms with van der Waals surface area (Å²) in [7, 11) is 0. The van der Waals surface area contributed by atoms with E-state index in [1.54, 1.807) is 0 Å². The maximum absolute atomic E-state index is 16.8. The second-order valence-electron chi connectivity index (χ2n) is 18.8. The normalized spacial score (nSPS) is 14.3. The van der Waals surface area contributed by atoms with Crippen molar-refractivity contribution in [2.24, 2.45) is 9.98 Å². The number of benzene rings is 10. The van der Waals surface area contributed by atoms with Crippen LogP contribution < -0.4 is 5.32 Å². The average molecular weight is 965 g/mol. The van der Waals surface area contributed by atoms with Gasteiger partial charge >= 0.3 is 6.18 Å². The first kappa shape index (κ1) is 42.1. The number of hydrogen-bond acceptors (Lipinski definition) is 4. The Morgan fingerprint density at radius 2 is 0.946 bits per heavy atom. The highest BCUT2D eigenvalue weighted by atomic mass is 19.4. The molecule has 1 atom stereocenters. The molecule has 74 heavy (non-hydrogen) atoms. The molecule has 10 aromatic carbocycles. The van der Waals surface area contributed by atoms with Gasteiger partial charge in [0.25, 0.3) is 0 Å². The summed E-state index contributed by atoms with van der Waals surface area (Å²) >= 11 is 0. The Kier molecular flexibility index (Phi) is 9.04. The van der Waals surface area contributed by atoms with Crippen LogP contribution >= 0.6 is 0 Å². The van der Waals surface area contributed by atoms with Crippen molar-refractivity contribution >= 4 is 99.0 Å². The first-order valence-corrected chi connectivity index (χ1v) is 24.5. The molecule has 10 heteroatoms. The molecule has 1 unspecified atom stereocenters. The van der Waals surface area contributed by atoms with E-state index in [1.807, 2.05) is 162 Å². The molecule has 0 aliphatic carbocycles. The van der Waals surface area contributed by atoms with Gasteiger partial charge in [0.2, 0.25) is 0 Å². The van der Waals surface area contributed by atoms with Gasteiger partial charge in [-0.3, -0.25) is 0 Å². The Balaban J connectivity index is 1.08. The topological polar surface area (TPSA) is 64.7 Å². The van der Waals surface area contributed by atoms with E-state index in [0.717, 1.165) is 76.9 Å². The van der Waals surface area contributed by atoms with Crippen molar-refractivity contribution in [1.82, 2.24) is 19.0 Å². The quantitative estimate of drug-likeness (QED) is 0.180. The van der Waals surface area contributed by atoms with Gasteiger partial charge in [0.05, 0.1) is 49.7 Å². The van der Waals surface area contributed by atoms with Gasteiger partial charge in [0.15, 0.2) is 12.0 Å². The minimum atomic E-state index is -4.85. The predicted octanol–water partition coefficient (Wildman–Crippen LogP) is 16.4. The molecule has 15 rings (SSSR count). The van der Waals surface area contributed by atoms with E-state index in [4.69, 9.17) is 14.4 Å². The van der Waals surface area contributed by atoms with Crippen LogP contribution in [0.25, 0.3) is 104 Å². The monoisotopic (exact) mass is 964 g/mol. The van der Waals surface area contributed by atoms with E-state index in [9.17, 15) is 0 Å². The molecule has 1 N–H and O–H groups in total. The SMILES string of the molecule is FC(F)(F)c1cc(C2N=C(c3ccccc3)N=C(c3ccccc3)N2)c2oc3ccccc3c2c1-n1c2ccc(-n3c4ccccc4c4ccccc43)cc2c2c3c4ccccc4n(-c4ccccc4)c3ccc21. The lowest BCUT2D eigenvalue weighted by molar-refractivity contribution is -0.137. The van der Waals surface area contributed by atoms with Crippen molar-refractivity contribution < 1.29 is 17.6 Å². The zero-order chi connectivity index (χ0) is 49.2. The highest BCUT2D eigenvalue weighted by Crippen LogP contribution is 2.50. The van der Waals surface area contributed by atoms with Gasteiger partial charge in [-0.2, -0.15) is 13.2 Å². The molecule has 0 spiro atoms. The second kappa shape index (κ2) is 15.9. The molecule has 0 amide bonds. The van der Waals surface area contributed by atoms with Crippen LogP contribution in [0.4, 0.5) is 13.2 Å². The first-order valence-electron chi connectivity index (χ1n) is 24.5. The fourth-order valence-corrected chi connectivity index (χ4v) is 11.6. The first-order chi connectivity index (χ1) is 36.4. The number of aromatic nitrogens is 3. The average Bonchev–Trinajstić information content (AvgIpc) is 4.23. The third kappa shape index (κ3) is 6.21. The Hall–Kier alpha value is -9.67. The fourth-order valence-electron chi connectivity index (χ4n) is 11.6. The number of rotatable bonds is 6. The van der Waals surface area contributed by atoms with E-state index < -0.39 is 17.9 Å². The molecule has 4 aromatic heterocycles. The molecule has 1 aliphatic rings. The summed E-state index contributed by atoms with van der Waals surface area (Å²) in [5.41, 5.74) is 8.66. The van der Waals surface area contributed by atoms with E-state index in [2.05, 4.69) is 75.1 Å². The third-order valence-electron chi connectivity index (χ3n) is 14.7. The highest BCUT2D eigenvalue weighted by Gasteiger charge is 2.40. The van der Waals surface area contributed by atoms with Crippen molar-refractivity contribution in [2.75, 3.05) is 0 Å². The molecule has 0 saturated heterocycles. The van der Waals surface area contributed by atoms with Crippen LogP contribution in [-0.4, -0.2) is 25.4 Å². The molecule has 5 heterocycles. The van der Waals surface area contributed by atoms with Crippen molar-refractivity contribution in [3.05, 3.63) is 247 Å². The Labute approximate surface area is 420 Å². The lowest BCUT2D eigenvalue weighted by Gasteiger charge is -2.25. The van der Waals surface area contributed by atoms with Crippen LogP contribution in [-0.2, 0) is 6.18 Å². The van der Waals surface area contributed by atoms with Crippen LogP contribution in [0.15, 0.2) is 239 Å². The zero-order valence-corrected chi connectivity index (χ0v) is 39.2. The molecule has 0 bridgehead atoms. The smallest absolute Gasteiger partial charge is 0.418 e. The number of fused-ring (bicyclic) bond motifs is 13. The molecule has 14 aromatic rings. The van der Waals surface area contributed by atoms with E-state index in [-0.39, 0.29) is 16.8 Å². The van der Waals surface area contributed by atoms with Gasteiger partial charge in [-0.1, -0.05) is 152 Å². The third-order valence-corrected chi connectivity index (χ3v) is 14.7. The molecular formula is C64H39F3N6O. The van der Waals surface area contributed by atoms with Gasteiger partial charge in [-0.25, -0.2) is 9.98 Å². The van der Waals surface area contributed by atoms with Crippen molar-refractivity contribution in [1.29, 1.82) is 0 Å². The van der Waals surface area contributed by atoms with Crippen LogP contribution in [0.3, 0.4) is 0 Å². The molecule has 0 saturated carbocycles. The largest absolute Gasteiger partial charge is 0.456 e. The summed E-state index contributed by atoms with van der Waals surface area (Å²) < 4.78 is 63.5. The van der Waals surface area contributed by atoms with E-state index >= 15 is 13.2 Å². The van der Waals surface area contributed by atoms with E-state index in [1.165, 1.54) is 6.07 Å². The Morgan fingerprint density at radius 1 is 0.432 bits per heavy atom. The molecule has 352 valence electrons. The number of nitrogens with one attached hydrogen (secondary N) is 1. The number of aliphatic imine (C=N–C) groups is 2. The molecule has 7 nitrogen and oxygen atoms in total. The molecular weight excluding hydrogens is 926 g/mol. The Morgan fingerprint density at radius 3 is 1.62 bits per heavy atom. The van der Waals surface area contributed by atoms with Crippen molar-refractivity contribution in [2.45, 2.75) is 12.3 Å².